The maximum Gasteiger partial charge on any atom is 0.287 e. The highest BCUT2D eigenvalue weighted by Crippen LogP contribution is 2.17. The quantitative estimate of drug-likeness (QED) is 0.809. The first-order valence-corrected chi connectivity index (χ1v) is 5.56. The number of hydrogen-bond acceptors (Lipinski definition) is 2. The van der Waals surface area contributed by atoms with E-state index in [1.165, 1.54) is 12.3 Å². The van der Waals surface area contributed by atoms with E-state index in [0.29, 0.717) is 0 Å². The van der Waals surface area contributed by atoms with Crippen LogP contribution in [0.3, 0.4) is 0 Å². The van der Waals surface area contributed by atoms with Crippen LogP contribution in [0.4, 0.5) is 8.78 Å². The molecule has 0 unspecified atom stereocenters. The van der Waals surface area contributed by atoms with Crippen molar-refractivity contribution < 1.29 is 8.78 Å². The Balaban J connectivity index is 2.65. The molecule has 1 heterocycles. The Morgan fingerprint density at radius 3 is 2.65 bits per heavy atom. The van der Waals surface area contributed by atoms with Crippen LogP contribution in [-0.4, -0.2) is 9.78 Å². The van der Waals surface area contributed by atoms with Crippen molar-refractivity contribution in [2.24, 2.45) is 0 Å². The van der Waals surface area contributed by atoms with Crippen molar-refractivity contribution in [3.05, 3.63) is 55.9 Å². The molecule has 17 heavy (non-hydrogen) atoms. The van der Waals surface area contributed by atoms with Crippen LogP contribution >= 0.6 is 27.5 Å². The Morgan fingerprint density at radius 1 is 1.29 bits per heavy atom. The van der Waals surface area contributed by atoms with Crippen molar-refractivity contribution in [2.75, 3.05) is 0 Å². The van der Waals surface area contributed by atoms with Gasteiger partial charge in [-0.2, -0.15) is 9.78 Å². The van der Waals surface area contributed by atoms with Crippen LogP contribution in [0.2, 0.25) is 5.02 Å². The zero-order chi connectivity index (χ0) is 12.6. The van der Waals surface area contributed by atoms with Gasteiger partial charge >= 0.3 is 0 Å². The smallest absolute Gasteiger partial charge is 0.266 e. The second kappa shape index (κ2) is 4.54. The van der Waals surface area contributed by atoms with Crippen molar-refractivity contribution in [3.8, 4) is 5.69 Å². The average molecular weight is 322 g/mol. The molecule has 3 nitrogen and oxygen atoms in total. The Labute approximate surface area is 108 Å². The molecular weight excluding hydrogens is 317 g/mol. The van der Waals surface area contributed by atoms with E-state index in [9.17, 15) is 13.6 Å². The van der Waals surface area contributed by atoms with Crippen LogP contribution in [-0.2, 0) is 0 Å². The first-order chi connectivity index (χ1) is 8.00. The van der Waals surface area contributed by atoms with E-state index in [2.05, 4.69) is 21.0 Å². The van der Waals surface area contributed by atoms with Gasteiger partial charge in [-0.25, -0.2) is 8.78 Å². The van der Waals surface area contributed by atoms with Crippen LogP contribution in [0, 0.1) is 11.6 Å². The second-order valence-corrected chi connectivity index (χ2v) is 4.32. The monoisotopic (exact) mass is 320 g/mol. The fourth-order valence-corrected chi connectivity index (χ4v) is 1.61. The van der Waals surface area contributed by atoms with Crippen LogP contribution in [0.1, 0.15) is 0 Å². The highest BCUT2D eigenvalue weighted by molar-refractivity contribution is 9.10. The molecule has 0 saturated heterocycles. The molecule has 7 heteroatoms. The molecule has 0 radical (unpaired) electrons. The van der Waals surface area contributed by atoms with Crippen LogP contribution in [0.5, 0.6) is 0 Å². The van der Waals surface area contributed by atoms with Gasteiger partial charge in [-0.05, 0) is 28.1 Å². The molecule has 0 aliphatic heterocycles. The van der Waals surface area contributed by atoms with Gasteiger partial charge in [-0.15, -0.1) is 0 Å². The third kappa shape index (κ3) is 2.23. The highest BCUT2D eigenvalue weighted by atomic mass is 79.9. The Hall–Kier alpha value is -1.27. The minimum absolute atomic E-state index is 0.110. The summed E-state index contributed by atoms with van der Waals surface area (Å²) in [5.41, 5.74) is -0.435. The number of nitrogens with zero attached hydrogens (tertiary/aromatic N) is 2. The second-order valence-electron chi connectivity index (χ2n) is 3.12. The number of benzene rings is 1. The van der Waals surface area contributed by atoms with Crippen molar-refractivity contribution in [1.82, 2.24) is 9.78 Å². The SMILES string of the molecule is O=c1c(Br)c(Cl)cnn1-c1ccc(F)c(F)c1. The summed E-state index contributed by atoms with van der Waals surface area (Å²) in [5, 5.41) is 3.88. The summed E-state index contributed by atoms with van der Waals surface area (Å²) in [5.74, 6) is -2.04. The first-order valence-electron chi connectivity index (χ1n) is 4.39. The zero-order valence-electron chi connectivity index (χ0n) is 8.12. The van der Waals surface area contributed by atoms with Crippen molar-refractivity contribution >= 4 is 27.5 Å². The topological polar surface area (TPSA) is 34.9 Å². The van der Waals surface area contributed by atoms with Gasteiger partial charge in [0.15, 0.2) is 11.6 Å². The van der Waals surface area contributed by atoms with Gasteiger partial charge in [0.25, 0.3) is 5.56 Å². The molecule has 88 valence electrons. The molecule has 0 atom stereocenters. The van der Waals surface area contributed by atoms with Gasteiger partial charge < -0.3 is 0 Å². The Morgan fingerprint density at radius 2 is 2.00 bits per heavy atom. The molecule has 2 aromatic rings. The molecule has 0 saturated carbocycles. The average Bonchev–Trinajstić information content (AvgIpc) is 2.30. The number of aromatic nitrogens is 2. The molecule has 0 amide bonds. The van der Waals surface area contributed by atoms with Crippen LogP contribution in [0.15, 0.2) is 33.7 Å². The lowest BCUT2D eigenvalue weighted by Crippen LogP contribution is -2.21. The first kappa shape index (κ1) is 12.2. The fraction of sp³-hybridized carbons (Fsp3) is 0. The standard InChI is InChI=1S/C10H4BrClF2N2O/c11-9-6(12)4-15-16(10(9)17)5-1-2-7(13)8(14)3-5/h1-4H. The summed E-state index contributed by atoms with van der Waals surface area (Å²) in [7, 11) is 0. The summed E-state index contributed by atoms with van der Waals surface area (Å²) < 4.78 is 26.8. The molecule has 0 fully saturated rings. The van der Waals surface area contributed by atoms with E-state index >= 15 is 0 Å². The Kier molecular flexibility index (Phi) is 3.26. The molecule has 1 aromatic carbocycles. The van der Waals surface area contributed by atoms with E-state index < -0.39 is 17.2 Å². The largest absolute Gasteiger partial charge is 0.287 e. The van der Waals surface area contributed by atoms with E-state index in [1.807, 2.05) is 0 Å². The lowest BCUT2D eigenvalue weighted by atomic mass is 10.3. The summed E-state index contributed by atoms with van der Waals surface area (Å²) in [6, 6.07) is 3.04. The zero-order valence-corrected chi connectivity index (χ0v) is 10.5. The minimum Gasteiger partial charge on any atom is -0.266 e. The molecule has 0 bridgehead atoms. The summed E-state index contributed by atoms with van der Waals surface area (Å²) in [4.78, 5) is 11.7. The highest BCUT2D eigenvalue weighted by Gasteiger charge is 2.10. The number of halogens is 4. The maximum atomic E-state index is 13.0. The van der Waals surface area contributed by atoms with E-state index in [4.69, 9.17) is 11.6 Å². The van der Waals surface area contributed by atoms with Gasteiger partial charge in [0.05, 0.1) is 16.9 Å². The van der Waals surface area contributed by atoms with Crippen molar-refractivity contribution in [3.63, 3.8) is 0 Å². The molecule has 1 aromatic heterocycles. The lowest BCUT2D eigenvalue weighted by molar-refractivity contribution is 0.507. The summed E-state index contributed by atoms with van der Waals surface area (Å²) >= 11 is 8.66. The molecule has 0 aliphatic rings. The molecular formula is C10H4BrClF2N2O. The normalized spacial score (nSPS) is 10.6. The molecule has 0 aliphatic carbocycles. The van der Waals surface area contributed by atoms with E-state index in [0.717, 1.165) is 16.8 Å². The van der Waals surface area contributed by atoms with E-state index in [-0.39, 0.29) is 15.2 Å². The molecule has 0 spiro atoms. The van der Waals surface area contributed by atoms with Crippen molar-refractivity contribution in [2.45, 2.75) is 0 Å². The van der Waals surface area contributed by atoms with Gasteiger partial charge in [-0.1, -0.05) is 11.6 Å². The van der Waals surface area contributed by atoms with Gasteiger partial charge in [0.1, 0.15) is 4.47 Å². The van der Waals surface area contributed by atoms with Gasteiger partial charge in [-0.3, -0.25) is 4.79 Å². The summed E-state index contributed by atoms with van der Waals surface area (Å²) in [6.07, 6.45) is 1.23. The lowest BCUT2D eigenvalue weighted by Gasteiger charge is -2.05. The predicted molar refractivity (Wildman–Crippen MR) is 62.5 cm³/mol. The Bertz CT molecular complexity index is 645. The maximum absolute atomic E-state index is 13.0. The minimum atomic E-state index is -1.05. The van der Waals surface area contributed by atoms with Crippen LogP contribution < -0.4 is 5.56 Å². The van der Waals surface area contributed by atoms with Gasteiger partial charge in [0.2, 0.25) is 0 Å². The third-order valence-electron chi connectivity index (χ3n) is 2.02. The summed E-state index contributed by atoms with van der Waals surface area (Å²) in [6.45, 7) is 0. The third-order valence-corrected chi connectivity index (χ3v) is 3.31. The predicted octanol–water partition coefficient (Wildman–Crippen LogP) is 2.93. The number of hydrogen-bond donors (Lipinski definition) is 0. The van der Waals surface area contributed by atoms with Crippen LogP contribution in [0.25, 0.3) is 5.69 Å². The number of rotatable bonds is 1. The molecule has 0 N–H and O–H groups in total. The molecule has 2 rings (SSSR count). The fourth-order valence-electron chi connectivity index (χ4n) is 1.21. The van der Waals surface area contributed by atoms with E-state index in [1.54, 1.807) is 0 Å². The van der Waals surface area contributed by atoms with Gasteiger partial charge in [0, 0.05) is 6.07 Å². The van der Waals surface area contributed by atoms with Crippen molar-refractivity contribution in [1.29, 1.82) is 0 Å².